The highest BCUT2D eigenvalue weighted by atomic mass is 79.9. The molecule has 0 bridgehead atoms. The second kappa shape index (κ2) is 5.28. The number of hydrogen-bond acceptors (Lipinski definition) is 2. The van der Waals surface area contributed by atoms with Gasteiger partial charge in [0.1, 0.15) is 0 Å². The molecule has 0 atom stereocenters. The summed E-state index contributed by atoms with van der Waals surface area (Å²) in [5, 5.41) is 2.84. The van der Waals surface area contributed by atoms with Crippen molar-refractivity contribution >= 4 is 27.5 Å². The first-order chi connectivity index (χ1) is 7.04. The maximum atomic E-state index is 11.4. The van der Waals surface area contributed by atoms with Crippen LogP contribution < -0.4 is 11.1 Å². The highest BCUT2D eigenvalue weighted by Gasteiger charge is 2.08. The number of benzene rings is 1. The van der Waals surface area contributed by atoms with Gasteiger partial charge in [-0.25, -0.2) is 0 Å². The third kappa shape index (κ3) is 3.32. The summed E-state index contributed by atoms with van der Waals surface area (Å²) in [6, 6.07) is 4.01. The number of aryl methyl sites for hydroxylation is 2. The Morgan fingerprint density at radius 3 is 2.67 bits per heavy atom. The number of amides is 1. The van der Waals surface area contributed by atoms with Crippen LogP contribution in [0.25, 0.3) is 0 Å². The standard InChI is InChI=1S/C11H15BrN2O/c1-7-5-8(2)11(9(12)6-7)14-10(15)3-4-13/h5-6H,3-4,13H2,1-2H3,(H,14,15). The molecule has 0 fully saturated rings. The Hall–Kier alpha value is -0.870. The number of halogens is 1. The minimum atomic E-state index is -0.0508. The summed E-state index contributed by atoms with van der Waals surface area (Å²) in [7, 11) is 0. The number of hydrogen-bond donors (Lipinski definition) is 2. The summed E-state index contributed by atoms with van der Waals surface area (Å²) in [5.41, 5.74) is 8.35. The molecule has 0 radical (unpaired) electrons. The smallest absolute Gasteiger partial charge is 0.225 e. The summed E-state index contributed by atoms with van der Waals surface area (Å²) in [4.78, 5) is 11.4. The predicted octanol–water partition coefficient (Wildman–Crippen LogP) is 2.35. The molecule has 0 aliphatic carbocycles. The lowest BCUT2D eigenvalue weighted by Gasteiger charge is -2.11. The van der Waals surface area contributed by atoms with Crippen molar-refractivity contribution in [3.63, 3.8) is 0 Å². The van der Waals surface area contributed by atoms with Gasteiger partial charge in [0.05, 0.1) is 5.69 Å². The molecular weight excluding hydrogens is 256 g/mol. The molecule has 0 saturated carbocycles. The minimum absolute atomic E-state index is 0.0508. The fourth-order valence-electron chi connectivity index (χ4n) is 1.41. The van der Waals surface area contributed by atoms with Gasteiger partial charge in [-0.3, -0.25) is 4.79 Å². The van der Waals surface area contributed by atoms with Crippen LogP contribution in [0.2, 0.25) is 0 Å². The Morgan fingerprint density at radius 1 is 1.47 bits per heavy atom. The fourth-order valence-corrected chi connectivity index (χ4v) is 2.18. The monoisotopic (exact) mass is 270 g/mol. The maximum Gasteiger partial charge on any atom is 0.225 e. The van der Waals surface area contributed by atoms with Crippen LogP contribution in [0.5, 0.6) is 0 Å². The number of rotatable bonds is 3. The van der Waals surface area contributed by atoms with Gasteiger partial charge in [0.2, 0.25) is 5.91 Å². The Labute approximate surface area is 98.2 Å². The quantitative estimate of drug-likeness (QED) is 0.886. The van der Waals surface area contributed by atoms with E-state index in [1.165, 1.54) is 0 Å². The van der Waals surface area contributed by atoms with Crippen molar-refractivity contribution in [3.8, 4) is 0 Å². The van der Waals surface area contributed by atoms with Crippen LogP contribution in [-0.2, 0) is 4.79 Å². The zero-order chi connectivity index (χ0) is 11.4. The van der Waals surface area contributed by atoms with Gasteiger partial charge in [-0.2, -0.15) is 0 Å². The van der Waals surface area contributed by atoms with Gasteiger partial charge < -0.3 is 11.1 Å². The molecule has 0 spiro atoms. The van der Waals surface area contributed by atoms with E-state index < -0.39 is 0 Å². The molecule has 1 aromatic carbocycles. The molecule has 1 amide bonds. The number of nitrogens with one attached hydrogen (secondary N) is 1. The van der Waals surface area contributed by atoms with Gasteiger partial charge >= 0.3 is 0 Å². The fraction of sp³-hybridized carbons (Fsp3) is 0.364. The zero-order valence-electron chi connectivity index (χ0n) is 8.93. The lowest BCUT2D eigenvalue weighted by Crippen LogP contribution is -2.17. The Morgan fingerprint density at radius 2 is 2.13 bits per heavy atom. The predicted molar refractivity (Wildman–Crippen MR) is 65.9 cm³/mol. The van der Waals surface area contributed by atoms with E-state index >= 15 is 0 Å². The van der Waals surface area contributed by atoms with Crippen LogP contribution in [0.4, 0.5) is 5.69 Å². The van der Waals surface area contributed by atoms with Crippen molar-refractivity contribution in [2.45, 2.75) is 20.3 Å². The summed E-state index contributed by atoms with van der Waals surface area (Å²) >= 11 is 3.43. The van der Waals surface area contributed by atoms with Gasteiger partial charge in [-0.1, -0.05) is 6.07 Å². The molecular formula is C11H15BrN2O. The Kier molecular flexibility index (Phi) is 4.29. The van der Waals surface area contributed by atoms with E-state index in [0.717, 1.165) is 21.3 Å². The first kappa shape index (κ1) is 12.2. The summed E-state index contributed by atoms with van der Waals surface area (Å²) in [6.07, 6.45) is 0.347. The first-order valence-corrected chi connectivity index (χ1v) is 5.60. The van der Waals surface area contributed by atoms with Crippen molar-refractivity contribution in [2.75, 3.05) is 11.9 Å². The Bertz CT molecular complexity index is 354. The van der Waals surface area contributed by atoms with Gasteiger partial charge in [0.15, 0.2) is 0 Å². The molecule has 0 aromatic heterocycles. The van der Waals surface area contributed by atoms with E-state index in [-0.39, 0.29) is 5.91 Å². The Balaban J connectivity index is 2.90. The third-order valence-electron chi connectivity index (χ3n) is 2.07. The highest BCUT2D eigenvalue weighted by molar-refractivity contribution is 9.10. The average molecular weight is 271 g/mol. The van der Waals surface area contributed by atoms with Crippen LogP contribution in [0.1, 0.15) is 17.5 Å². The largest absolute Gasteiger partial charge is 0.330 e. The summed E-state index contributed by atoms with van der Waals surface area (Å²) < 4.78 is 0.908. The normalized spacial score (nSPS) is 10.1. The van der Waals surface area contributed by atoms with Crippen molar-refractivity contribution in [2.24, 2.45) is 5.73 Å². The molecule has 3 N–H and O–H groups in total. The molecule has 0 saturated heterocycles. The maximum absolute atomic E-state index is 11.4. The molecule has 82 valence electrons. The third-order valence-corrected chi connectivity index (χ3v) is 2.69. The second-order valence-electron chi connectivity index (χ2n) is 3.53. The molecule has 0 aliphatic rings. The SMILES string of the molecule is Cc1cc(C)c(NC(=O)CCN)c(Br)c1. The van der Waals surface area contributed by atoms with Gasteiger partial charge in [0.25, 0.3) is 0 Å². The van der Waals surface area contributed by atoms with E-state index in [9.17, 15) is 4.79 Å². The lowest BCUT2D eigenvalue weighted by atomic mass is 10.1. The van der Waals surface area contributed by atoms with Crippen molar-refractivity contribution in [3.05, 3.63) is 27.7 Å². The van der Waals surface area contributed by atoms with Crippen LogP contribution in [-0.4, -0.2) is 12.5 Å². The molecule has 0 heterocycles. The van der Waals surface area contributed by atoms with E-state index in [1.807, 2.05) is 26.0 Å². The van der Waals surface area contributed by atoms with Crippen LogP contribution in [0.3, 0.4) is 0 Å². The van der Waals surface area contributed by atoms with Gasteiger partial charge in [0, 0.05) is 17.4 Å². The zero-order valence-corrected chi connectivity index (χ0v) is 10.5. The topological polar surface area (TPSA) is 55.1 Å². The number of carbonyl (C=O) groups is 1. The van der Waals surface area contributed by atoms with E-state index in [4.69, 9.17) is 5.73 Å². The number of anilines is 1. The van der Waals surface area contributed by atoms with Crippen molar-refractivity contribution in [1.29, 1.82) is 0 Å². The van der Waals surface area contributed by atoms with E-state index in [2.05, 4.69) is 21.2 Å². The second-order valence-corrected chi connectivity index (χ2v) is 4.38. The number of carbonyl (C=O) groups excluding carboxylic acids is 1. The molecule has 1 aromatic rings. The molecule has 15 heavy (non-hydrogen) atoms. The van der Waals surface area contributed by atoms with Gasteiger partial charge in [-0.05, 0) is 47.0 Å². The molecule has 4 heteroatoms. The van der Waals surface area contributed by atoms with Crippen LogP contribution in [0, 0.1) is 13.8 Å². The van der Waals surface area contributed by atoms with E-state index in [0.29, 0.717) is 13.0 Å². The summed E-state index contributed by atoms with van der Waals surface area (Å²) in [5.74, 6) is -0.0508. The minimum Gasteiger partial charge on any atom is -0.330 e. The van der Waals surface area contributed by atoms with Crippen molar-refractivity contribution < 1.29 is 4.79 Å². The van der Waals surface area contributed by atoms with Crippen LogP contribution in [0.15, 0.2) is 16.6 Å². The molecule has 1 rings (SSSR count). The lowest BCUT2D eigenvalue weighted by molar-refractivity contribution is -0.116. The number of nitrogens with two attached hydrogens (primary N) is 1. The van der Waals surface area contributed by atoms with Crippen LogP contribution >= 0.6 is 15.9 Å². The molecule has 0 aliphatic heterocycles. The average Bonchev–Trinajstić information content (AvgIpc) is 2.11. The summed E-state index contributed by atoms with van der Waals surface area (Å²) in [6.45, 7) is 4.35. The highest BCUT2D eigenvalue weighted by Crippen LogP contribution is 2.27. The first-order valence-electron chi connectivity index (χ1n) is 4.81. The van der Waals surface area contributed by atoms with E-state index in [1.54, 1.807) is 0 Å². The van der Waals surface area contributed by atoms with Gasteiger partial charge in [-0.15, -0.1) is 0 Å². The molecule has 3 nitrogen and oxygen atoms in total. The van der Waals surface area contributed by atoms with Crippen molar-refractivity contribution in [1.82, 2.24) is 0 Å². The molecule has 0 unspecified atom stereocenters.